The zero-order valence-electron chi connectivity index (χ0n) is 6.99. The van der Waals surface area contributed by atoms with Crippen LogP contribution in [-0.4, -0.2) is 21.8 Å². The van der Waals surface area contributed by atoms with Gasteiger partial charge in [-0.3, -0.25) is 4.79 Å². The van der Waals surface area contributed by atoms with Crippen molar-refractivity contribution >= 4 is 5.97 Å². The Hall–Kier alpha value is -0.830. The summed E-state index contributed by atoms with van der Waals surface area (Å²) < 4.78 is 0. The van der Waals surface area contributed by atoms with Crippen molar-refractivity contribution < 1.29 is 15.0 Å². The van der Waals surface area contributed by atoms with Crippen LogP contribution in [0, 0.1) is 0 Å². The fraction of sp³-hybridized carbons (Fsp3) is 0.667. The Morgan fingerprint density at radius 3 is 2.50 bits per heavy atom. The number of rotatable bonds is 4. The van der Waals surface area contributed by atoms with Crippen molar-refractivity contribution in [2.75, 3.05) is 0 Å². The van der Waals surface area contributed by atoms with Crippen molar-refractivity contribution in [3.8, 4) is 0 Å². The van der Waals surface area contributed by atoms with Crippen molar-refractivity contribution in [2.45, 2.75) is 37.7 Å². The summed E-state index contributed by atoms with van der Waals surface area (Å²) in [5.74, 6) is -0.827. The van der Waals surface area contributed by atoms with Gasteiger partial charge >= 0.3 is 5.97 Å². The Balaban J connectivity index is 2.16. The fourth-order valence-corrected chi connectivity index (χ4v) is 1.28. The number of hydrogen-bond acceptors (Lipinski definition) is 2. The van der Waals surface area contributed by atoms with E-state index < -0.39 is 11.6 Å². The van der Waals surface area contributed by atoms with E-state index in [0.29, 0.717) is 6.42 Å². The van der Waals surface area contributed by atoms with Gasteiger partial charge in [-0.25, -0.2) is 0 Å². The van der Waals surface area contributed by atoms with Crippen molar-refractivity contribution in [1.29, 1.82) is 0 Å². The Bertz CT molecular complexity index is 192. The Morgan fingerprint density at radius 1 is 1.42 bits per heavy atom. The monoisotopic (exact) mass is 170 g/mol. The summed E-state index contributed by atoms with van der Waals surface area (Å²) in [7, 11) is 0. The molecule has 0 radical (unpaired) electrons. The lowest BCUT2D eigenvalue weighted by Crippen LogP contribution is -2.35. The first-order chi connectivity index (χ1) is 5.62. The summed E-state index contributed by atoms with van der Waals surface area (Å²) >= 11 is 0. The first kappa shape index (κ1) is 9.26. The average molecular weight is 170 g/mol. The topological polar surface area (TPSA) is 57.5 Å². The maximum atomic E-state index is 10.1. The molecule has 1 rings (SSSR count). The first-order valence-electron chi connectivity index (χ1n) is 4.22. The zero-order chi connectivity index (χ0) is 9.03. The predicted molar refractivity (Wildman–Crippen MR) is 44.8 cm³/mol. The molecule has 0 spiro atoms. The molecular weight excluding hydrogens is 156 g/mol. The molecule has 0 aromatic carbocycles. The van der Waals surface area contributed by atoms with Crippen LogP contribution in [0.4, 0.5) is 0 Å². The average Bonchev–Trinajstić information content (AvgIpc) is 1.94. The van der Waals surface area contributed by atoms with Gasteiger partial charge in [-0.1, -0.05) is 12.2 Å². The molecular formula is C9H14O3. The Labute approximate surface area is 71.7 Å². The lowest BCUT2D eigenvalue weighted by Gasteiger charge is -2.35. The lowest BCUT2D eigenvalue weighted by molar-refractivity contribution is -0.136. The van der Waals surface area contributed by atoms with Gasteiger partial charge in [-0.2, -0.15) is 0 Å². The number of carboxylic acids is 1. The molecule has 0 amide bonds. The van der Waals surface area contributed by atoms with E-state index in [1.807, 2.05) is 0 Å². The number of aliphatic carboxylic acids is 1. The van der Waals surface area contributed by atoms with E-state index in [0.717, 1.165) is 19.3 Å². The van der Waals surface area contributed by atoms with Gasteiger partial charge in [0.1, 0.15) is 0 Å². The SMILES string of the molecule is O=C(O)C/C=C/CC1(O)CCC1. The second-order valence-corrected chi connectivity index (χ2v) is 3.35. The molecule has 0 atom stereocenters. The van der Waals surface area contributed by atoms with Crippen LogP contribution < -0.4 is 0 Å². The summed E-state index contributed by atoms with van der Waals surface area (Å²) in [6, 6.07) is 0. The number of hydrogen-bond donors (Lipinski definition) is 2. The summed E-state index contributed by atoms with van der Waals surface area (Å²) in [4.78, 5) is 10.1. The molecule has 12 heavy (non-hydrogen) atoms. The highest BCUT2D eigenvalue weighted by molar-refractivity contribution is 5.68. The third-order valence-corrected chi connectivity index (χ3v) is 2.24. The van der Waals surface area contributed by atoms with Crippen LogP contribution in [0.2, 0.25) is 0 Å². The Morgan fingerprint density at radius 2 is 2.08 bits per heavy atom. The minimum absolute atomic E-state index is 0.0517. The number of carboxylic acid groups (broad SMARTS) is 1. The summed E-state index contributed by atoms with van der Waals surface area (Å²) in [5.41, 5.74) is -0.519. The highest BCUT2D eigenvalue weighted by Crippen LogP contribution is 2.34. The summed E-state index contributed by atoms with van der Waals surface area (Å²) in [5, 5.41) is 17.9. The normalized spacial score (nSPS) is 20.8. The fourth-order valence-electron chi connectivity index (χ4n) is 1.28. The maximum absolute atomic E-state index is 10.1. The third kappa shape index (κ3) is 2.66. The van der Waals surface area contributed by atoms with E-state index >= 15 is 0 Å². The molecule has 1 aliphatic rings. The molecule has 1 saturated carbocycles. The van der Waals surface area contributed by atoms with Crippen molar-refractivity contribution in [2.24, 2.45) is 0 Å². The minimum atomic E-state index is -0.827. The molecule has 0 aromatic rings. The van der Waals surface area contributed by atoms with Gasteiger partial charge in [-0.15, -0.1) is 0 Å². The van der Waals surface area contributed by atoms with E-state index in [1.54, 1.807) is 12.2 Å². The maximum Gasteiger partial charge on any atom is 0.307 e. The van der Waals surface area contributed by atoms with E-state index in [9.17, 15) is 9.90 Å². The van der Waals surface area contributed by atoms with Gasteiger partial charge in [-0.05, 0) is 25.7 Å². The molecule has 2 N–H and O–H groups in total. The molecule has 0 aromatic heterocycles. The first-order valence-corrected chi connectivity index (χ1v) is 4.22. The molecule has 1 aliphatic carbocycles. The van der Waals surface area contributed by atoms with E-state index in [4.69, 9.17) is 5.11 Å². The summed E-state index contributed by atoms with van der Waals surface area (Å²) in [6.07, 6.45) is 6.79. The van der Waals surface area contributed by atoms with Gasteiger partial charge < -0.3 is 10.2 Å². The van der Waals surface area contributed by atoms with E-state index in [1.165, 1.54) is 0 Å². The molecule has 1 fully saturated rings. The van der Waals surface area contributed by atoms with E-state index in [2.05, 4.69) is 0 Å². The second kappa shape index (κ2) is 3.72. The lowest BCUT2D eigenvalue weighted by atomic mass is 9.78. The van der Waals surface area contributed by atoms with Gasteiger partial charge in [0.2, 0.25) is 0 Å². The van der Waals surface area contributed by atoms with E-state index in [-0.39, 0.29) is 6.42 Å². The quantitative estimate of drug-likeness (QED) is 0.625. The molecule has 3 heteroatoms. The zero-order valence-corrected chi connectivity index (χ0v) is 6.99. The molecule has 68 valence electrons. The predicted octanol–water partition coefficient (Wildman–Crippen LogP) is 1.32. The van der Waals surface area contributed by atoms with Crippen LogP contribution in [0.5, 0.6) is 0 Å². The third-order valence-electron chi connectivity index (χ3n) is 2.24. The van der Waals surface area contributed by atoms with Crippen LogP contribution in [-0.2, 0) is 4.79 Å². The van der Waals surface area contributed by atoms with Crippen LogP contribution in [0.3, 0.4) is 0 Å². The van der Waals surface area contributed by atoms with Crippen LogP contribution in [0.1, 0.15) is 32.1 Å². The van der Waals surface area contributed by atoms with Gasteiger partial charge in [0.05, 0.1) is 12.0 Å². The highest BCUT2D eigenvalue weighted by atomic mass is 16.4. The smallest absolute Gasteiger partial charge is 0.307 e. The minimum Gasteiger partial charge on any atom is -0.481 e. The van der Waals surface area contributed by atoms with Gasteiger partial charge in [0.25, 0.3) is 0 Å². The van der Waals surface area contributed by atoms with Crippen molar-refractivity contribution in [3.63, 3.8) is 0 Å². The van der Waals surface area contributed by atoms with Gasteiger partial charge in [0, 0.05) is 0 Å². The largest absolute Gasteiger partial charge is 0.481 e. The molecule has 0 bridgehead atoms. The van der Waals surface area contributed by atoms with Crippen molar-refractivity contribution in [3.05, 3.63) is 12.2 Å². The van der Waals surface area contributed by atoms with Crippen LogP contribution in [0.25, 0.3) is 0 Å². The van der Waals surface area contributed by atoms with Crippen LogP contribution in [0.15, 0.2) is 12.2 Å². The van der Waals surface area contributed by atoms with Crippen LogP contribution >= 0.6 is 0 Å². The summed E-state index contributed by atoms with van der Waals surface area (Å²) in [6.45, 7) is 0. The number of carbonyl (C=O) groups is 1. The highest BCUT2D eigenvalue weighted by Gasteiger charge is 2.32. The van der Waals surface area contributed by atoms with Gasteiger partial charge in [0.15, 0.2) is 0 Å². The van der Waals surface area contributed by atoms with Crippen molar-refractivity contribution in [1.82, 2.24) is 0 Å². The molecule has 3 nitrogen and oxygen atoms in total. The number of aliphatic hydroxyl groups is 1. The Kier molecular flexibility index (Phi) is 2.87. The second-order valence-electron chi connectivity index (χ2n) is 3.35. The standard InChI is InChI=1S/C9H14O3/c10-8(11)4-1-2-5-9(12)6-3-7-9/h1-2,12H,3-7H2,(H,10,11)/b2-1+. The molecule has 0 aliphatic heterocycles. The molecule has 0 saturated heterocycles. The molecule has 0 heterocycles. The molecule has 0 unspecified atom stereocenters.